The Morgan fingerprint density at radius 2 is 1.72 bits per heavy atom. The first-order valence-electron chi connectivity index (χ1n) is 11.5. The van der Waals surface area contributed by atoms with Crippen molar-refractivity contribution in [3.05, 3.63) is 60.1 Å². The van der Waals surface area contributed by atoms with E-state index in [-0.39, 0.29) is 12.1 Å². The number of rotatable bonds is 7. The summed E-state index contributed by atoms with van der Waals surface area (Å²) < 4.78 is 10.8. The zero-order chi connectivity index (χ0) is 22.8. The maximum Gasteiger partial charge on any atom is 0.407 e. The summed E-state index contributed by atoms with van der Waals surface area (Å²) in [6, 6.07) is 14.6. The number of ether oxygens (including phenoxy) is 1. The molecule has 7 heteroatoms. The van der Waals surface area contributed by atoms with Gasteiger partial charge in [0.1, 0.15) is 11.4 Å². The summed E-state index contributed by atoms with van der Waals surface area (Å²) in [4.78, 5) is 16.8. The molecule has 1 aromatic heterocycles. The van der Waals surface area contributed by atoms with E-state index in [1.165, 1.54) is 5.56 Å². The van der Waals surface area contributed by atoms with Crippen LogP contribution in [0.1, 0.15) is 57.8 Å². The van der Waals surface area contributed by atoms with Crippen LogP contribution in [0.3, 0.4) is 0 Å². The van der Waals surface area contributed by atoms with Gasteiger partial charge in [-0.2, -0.15) is 0 Å². The van der Waals surface area contributed by atoms with Crippen LogP contribution in [0.25, 0.3) is 0 Å². The van der Waals surface area contributed by atoms with Gasteiger partial charge in [-0.3, -0.25) is 0 Å². The van der Waals surface area contributed by atoms with Gasteiger partial charge in [-0.15, -0.1) is 0 Å². The Balaban J connectivity index is 1.49. The number of alkyl carbamates (subject to hydrolysis) is 1. The second kappa shape index (κ2) is 11.6. The van der Waals surface area contributed by atoms with E-state index >= 15 is 0 Å². The SMILES string of the molecule is CC(C)(C)OC(=O)NC1CCC(NC(=NCc2ccccc2)NCCc2ccco2)CC1. The fourth-order valence-electron chi connectivity index (χ4n) is 3.71. The van der Waals surface area contributed by atoms with Crippen molar-refractivity contribution in [2.24, 2.45) is 4.99 Å². The van der Waals surface area contributed by atoms with Crippen LogP contribution in [-0.2, 0) is 17.7 Å². The van der Waals surface area contributed by atoms with Gasteiger partial charge in [-0.25, -0.2) is 9.79 Å². The molecule has 3 N–H and O–H groups in total. The Morgan fingerprint density at radius 3 is 2.34 bits per heavy atom. The molecule has 0 aliphatic heterocycles. The molecule has 32 heavy (non-hydrogen) atoms. The van der Waals surface area contributed by atoms with Crippen LogP contribution in [0, 0.1) is 0 Å². The van der Waals surface area contributed by atoms with Crippen LogP contribution in [-0.4, -0.2) is 36.3 Å². The Hall–Kier alpha value is -2.96. The van der Waals surface area contributed by atoms with Crippen molar-refractivity contribution in [2.75, 3.05) is 6.54 Å². The van der Waals surface area contributed by atoms with Crippen LogP contribution in [0.15, 0.2) is 58.1 Å². The number of hydrogen-bond acceptors (Lipinski definition) is 4. The largest absolute Gasteiger partial charge is 0.469 e. The Labute approximate surface area is 191 Å². The number of hydrogen-bond donors (Lipinski definition) is 3. The van der Waals surface area contributed by atoms with Gasteiger partial charge in [0.15, 0.2) is 5.96 Å². The van der Waals surface area contributed by atoms with Crippen molar-refractivity contribution >= 4 is 12.1 Å². The minimum absolute atomic E-state index is 0.152. The third-order valence-corrected chi connectivity index (χ3v) is 5.30. The van der Waals surface area contributed by atoms with E-state index in [4.69, 9.17) is 14.1 Å². The van der Waals surface area contributed by atoms with E-state index in [1.807, 2.05) is 51.1 Å². The van der Waals surface area contributed by atoms with E-state index in [1.54, 1.807) is 6.26 Å². The highest BCUT2D eigenvalue weighted by atomic mass is 16.6. The quantitative estimate of drug-likeness (QED) is 0.439. The lowest BCUT2D eigenvalue weighted by atomic mass is 9.91. The molecule has 1 aliphatic carbocycles. The van der Waals surface area contributed by atoms with E-state index in [2.05, 4.69) is 28.1 Å². The molecule has 3 rings (SSSR count). The minimum Gasteiger partial charge on any atom is -0.469 e. The van der Waals surface area contributed by atoms with E-state index in [0.29, 0.717) is 12.6 Å². The Bertz CT molecular complexity index is 836. The van der Waals surface area contributed by atoms with Crippen molar-refractivity contribution in [3.63, 3.8) is 0 Å². The lowest BCUT2D eigenvalue weighted by Crippen LogP contribution is -2.48. The lowest BCUT2D eigenvalue weighted by molar-refractivity contribution is 0.0490. The monoisotopic (exact) mass is 440 g/mol. The number of carbonyl (C=O) groups is 1. The van der Waals surface area contributed by atoms with Gasteiger partial charge < -0.3 is 25.1 Å². The number of nitrogens with one attached hydrogen (secondary N) is 3. The van der Waals surface area contributed by atoms with Crippen molar-refractivity contribution in [3.8, 4) is 0 Å². The van der Waals surface area contributed by atoms with Crippen LogP contribution in [0.4, 0.5) is 4.79 Å². The highest BCUT2D eigenvalue weighted by Gasteiger charge is 2.25. The predicted molar refractivity (Wildman–Crippen MR) is 127 cm³/mol. The third kappa shape index (κ3) is 8.65. The molecule has 1 fully saturated rings. The van der Waals surface area contributed by atoms with Crippen molar-refractivity contribution in [1.82, 2.24) is 16.0 Å². The molecular formula is C25H36N4O3. The first-order valence-corrected chi connectivity index (χ1v) is 11.5. The summed E-state index contributed by atoms with van der Waals surface area (Å²) in [5, 5.41) is 10.0. The standard InChI is InChI=1S/C25H36N4O3/c1-25(2,3)32-24(30)29-21-13-11-20(12-14-21)28-23(26-16-15-22-10-7-17-31-22)27-18-19-8-5-4-6-9-19/h4-10,17,20-21H,11-16,18H2,1-3H3,(H,29,30)(H2,26,27,28). The average molecular weight is 441 g/mol. The molecule has 0 unspecified atom stereocenters. The summed E-state index contributed by atoms with van der Waals surface area (Å²) in [7, 11) is 0. The number of amides is 1. The molecule has 1 heterocycles. The van der Waals surface area contributed by atoms with Gasteiger partial charge in [0.05, 0.1) is 12.8 Å². The van der Waals surface area contributed by atoms with Crippen molar-refractivity contribution in [2.45, 2.75) is 77.1 Å². The highest BCUT2D eigenvalue weighted by molar-refractivity contribution is 5.80. The van der Waals surface area contributed by atoms with E-state index in [0.717, 1.165) is 50.4 Å². The van der Waals surface area contributed by atoms with Gasteiger partial charge >= 0.3 is 6.09 Å². The smallest absolute Gasteiger partial charge is 0.407 e. The summed E-state index contributed by atoms with van der Waals surface area (Å²) >= 11 is 0. The number of carbonyl (C=O) groups excluding carboxylic acids is 1. The lowest BCUT2D eigenvalue weighted by Gasteiger charge is -2.31. The van der Waals surface area contributed by atoms with Crippen molar-refractivity contribution in [1.29, 1.82) is 0 Å². The zero-order valence-corrected chi connectivity index (χ0v) is 19.4. The fraction of sp³-hybridized carbons (Fsp3) is 0.520. The normalized spacial score (nSPS) is 19.3. The summed E-state index contributed by atoms with van der Waals surface area (Å²) in [5.74, 6) is 1.76. The van der Waals surface area contributed by atoms with Crippen LogP contribution in [0.2, 0.25) is 0 Å². The molecule has 174 valence electrons. The summed E-state index contributed by atoms with van der Waals surface area (Å²) in [5.41, 5.74) is 0.693. The predicted octanol–water partition coefficient (Wildman–Crippen LogP) is 4.39. The first-order chi connectivity index (χ1) is 15.4. The molecular weight excluding hydrogens is 404 g/mol. The van der Waals surface area contributed by atoms with Gasteiger partial charge in [-0.05, 0) is 64.2 Å². The van der Waals surface area contributed by atoms with Gasteiger partial charge in [0, 0.05) is 25.0 Å². The first kappa shape index (κ1) is 23.7. The molecule has 0 spiro atoms. The molecule has 0 atom stereocenters. The fourth-order valence-corrected chi connectivity index (χ4v) is 3.71. The molecule has 2 aromatic rings. The zero-order valence-electron chi connectivity index (χ0n) is 19.4. The molecule has 0 bridgehead atoms. The van der Waals surface area contributed by atoms with Gasteiger partial charge in [0.2, 0.25) is 0 Å². The molecule has 1 saturated carbocycles. The topological polar surface area (TPSA) is 87.9 Å². The number of aliphatic imine (C=N–C) groups is 1. The molecule has 1 amide bonds. The second-order valence-electron chi connectivity index (χ2n) is 9.25. The average Bonchev–Trinajstić information content (AvgIpc) is 3.26. The maximum absolute atomic E-state index is 12.0. The molecule has 0 saturated heterocycles. The molecule has 1 aromatic carbocycles. The number of guanidine groups is 1. The van der Waals surface area contributed by atoms with Crippen LogP contribution >= 0.6 is 0 Å². The maximum atomic E-state index is 12.0. The van der Waals surface area contributed by atoms with Crippen molar-refractivity contribution < 1.29 is 13.9 Å². The second-order valence-corrected chi connectivity index (χ2v) is 9.25. The minimum atomic E-state index is -0.478. The molecule has 0 radical (unpaired) electrons. The van der Waals surface area contributed by atoms with Crippen LogP contribution < -0.4 is 16.0 Å². The van der Waals surface area contributed by atoms with E-state index < -0.39 is 5.60 Å². The highest BCUT2D eigenvalue weighted by Crippen LogP contribution is 2.19. The number of furan rings is 1. The Kier molecular flexibility index (Phi) is 8.59. The summed E-state index contributed by atoms with van der Waals surface area (Å²) in [6.07, 6.45) is 5.91. The molecule has 1 aliphatic rings. The number of nitrogens with zero attached hydrogens (tertiary/aromatic N) is 1. The van der Waals surface area contributed by atoms with Gasteiger partial charge in [-0.1, -0.05) is 30.3 Å². The Morgan fingerprint density at radius 1 is 1.03 bits per heavy atom. The van der Waals surface area contributed by atoms with Crippen LogP contribution in [0.5, 0.6) is 0 Å². The third-order valence-electron chi connectivity index (χ3n) is 5.30. The molecule has 7 nitrogen and oxygen atoms in total. The van der Waals surface area contributed by atoms with Gasteiger partial charge in [0.25, 0.3) is 0 Å². The summed E-state index contributed by atoms with van der Waals surface area (Å²) in [6.45, 7) is 6.99. The number of benzene rings is 1. The van der Waals surface area contributed by atoms with E-state index in [9.17, 15) is 4.79 Å².